The molecule has 0 aliphatic carbocycles. The van der Waals surface area contributed by atoms with Gasteiger partial charge >= 0.3 is 0 Å². The first-order valence-corrected chi connectivity index (χ1v) is 12.3. The molecule has 156 valence electrons. The minimum Gasteiger partial charge on any atom is -0.351 e. The summed E-state index contributed by atoms with van der Waals surface area (Å²) in [4.78, 5) is 40.6. The highest BCUT2D eigenvalue weighted by atomic mass is 79.9. The molecule has 1 N–H and O–H groups in total. The van der Waals surface area contributed by atoms with Crippen LogP contribution in [-0.4, -0.2) is 79.2 Å². The molecule has 2 saturated heterocycles. The first-order valence-electron chi connectivity index (χ1n) is 9.65. The van der Waals surface area contributed by atoms with Gasteiger partial charge in [0.2, 0.25) is 5.91 Å². The van der Waals surface area contributed by atoms with Crippen molar-refractivity contribution in [2.24, 2.45) is 0 Å². The average molecular weight is 484 g/mol. The fraction of sp³-hybridized carbons (Fsp3) is 0.526. The number of benzene rings is 1. The van der Waals surface area contributed by atoms with Crippen molar-refractivity contribution in [1.29, 1.82) is 0 Å². The maximum atomic E-state index is 12.5. The van der Waals surface area contributed by atoms with Crippen molar-refractivity contribution in [3.63, 3.8) is 0 Å². The Balaban J connectivity index is 1.38. The van der Waals surface area contributed by atoms with Gasteiger partial charge < -0.3 is 5.32 Å². The molecule has 3 amide bonds. The zero-order chi connectivity index (χ0) is 20.8. The lowest BCUT2D eigenvalue weighted by Crippen LogP contribution is -2.50. The number of hydrogen-bond acceptors (Lipinski definition) is 6. The lowest BCUT2D eigenvalue weighted by atomic mass is 10.1. The molecule has 3 aliphatic heterocycles. The number of carbonyl (C=O) groups is 3. The third kappa shape index (κ3) is 4.10. The molecule has 2 unspecified atom stereocenters. The number of amides is 3. The normalized spacial score (nSPS) is 26.2. The SMILES string of the molecule is O=C(CCN1C(=O)c2ccc(Br)cc2C1=O)NC1CS(=O)(=O)CC1N1CCCC1. The molecule has 0 bridgehead atoms. The van der Waals surface area contributed by atoms with Crippen LogP contribution in [0.15, 0.2) is 22.7 Å². The quantitative estimate of drug-likeness (QED) is 0.621. The number of imide groups is 1. The Morgan fingerprint density at radius 3 is 2.52 bits per heavy atom. The van der Waals surface area contributed by atoms with E-state index < -0.39 is 27.7 Å². The van der Waals surface area contributed by atoms with Gasteiger partial charge in [-0.05, 0) is 44.1 Å². The minimum atomic E-state index is -3.20. The summed E-state index contributed by atoms with van der Waals surface area (Å²) in [6.45, 7) is 1.65. The van der Waals surface area contributed by atoms with E-state index >= 15 is 0 Å². The first kappa shape index (κ1) is 20.5. The van der Waals surface area contributed by atoms with Gasteiger partial charge in [-0.25, -0.2) is 8.42 Å². The molecule has 2 fully saturated rings. The lowest BCUT2D eigenvalue weighted by Gasteiger charge is -2.28. The third-order valence-electron chi connectivity index (χ3n) is 5.77. The highest BCUT2D eigenvalue weighted by molar-refractivity contribution is 9.10. The highest BCUT2D eigenvalue weighted by Gasteiger charge is 2.42. The van der Waals surface area contributed by atoms with Crippen molar-refractivity contribution in [3.8, 4) is 0 Å². The van der Waals surface area contributed by atoms with Crippen LogP contribution in [0.25, 0.3) is 0 Å². The Bertz CT molecular complexity index is 974. The Hall–Kier alpha value is -1.78. The first-order chi connectivity index (χ1) is 13.7. The van der Waals surface area contributed by atoms with E-state index in [9.17, 15) is 22.8 Å². The second kappa shape index (κ2) is 7.81. The molecule has 1 aromatic carbocycles. The van der Waals surface area contributed by atoms with Crippen LogP contribution >= 0.6 is 15.9 Å². The largest absolute Gasteiger partial charge is 0.351 e. The number of nitrogens with zero attached hydrogens (tertiary/aromatic N) is 2. The summed E-state index contributed by atoms with van der Waals surface area (Å²) in [5, 5.41) is 2.83. The van der Waals surface area contributed by atoms with Gasteiger partial charge in [0.1, 0.15) is 0 Å². The molecule has 0 radical (unpaired) electrons. The second-order valence-corrected chi connectivity index (χ2v) is 10.8. The van der Waals surface area contributed by atoms with Crippen LogP contribution in [0, 0.1) is 0 Å². The number of carbonyl (C=O) groups excluding carboxylic acids is 3. The van der Waals surface area contributed by atoms with E-state index in [0.29, 0.717) is 15.6 Å². The number of fused-ring (bicyclic) bond motifs is 1. The van der Waals surface area contributed by atoms with Crippen molar-refractivity contribution in [2.45, 2.75) is 31.3 Å². The summed E-state index contributed by atoms with van der Waals surface area (Å²) in [6, 6.07) is 4.22. The van der Waals surface area contributed by atoms with E-state index in [-0.39, 0.29) is 36.4 Å². The molecular formula is C19H22BrN3O5S. The van der Waals surface area contributed by atoms with Crippen molar-refractivity contribution in [1.82, 2.24) is 15.1 Å². The summed E-state index contributed by atoms with van der Waals surface area (Å²) in [6.07, 6.45) is 2.01. The predicted octanol–water partition coefficient (Wildman–Crippen LogP) is 0.813. The number of likely N-dealkylation sites (tertiary alicyclic amines) is 1. The summed E-state index contributed by atoms with van der Waals surface area (Å²) in [5.74, 6) is -1.19. The van der Waals surface area contributed by atoms with Gasteiger partial charge in [-0.2, -0.15) is 0 Å². The van der Waals surface area contributed by atoms with Crippen molar-refractivity contribution in [2.75, 3.05) is 31.1 Å². The number of hydrogen-bond donors (Lipinski definition) is 1. The summed E-state index contributed by atoms with van der Waals surface area (Å²) in [7, 11) is -3.20. The maximum absolute atomic E-state index is 12.5. The van der Waals surface area contributed by atoms with Gasteiger partial charge in [0.15, 0.2) is 9.84 Å². The zero-order valence-electron chi connectivity index (χ0n) is 15.8. The zero-order valence-corrected chi connectivity index (χ0v) is 18.2. The Morgan fingerprint density at radius 1 is 1.10 bits per heavy atom. The van der Waals surface area contributed by atoms with Crippen LogP contribution in [0.1, 0.15) is 40.0 Å². The molecule has 1 aromatic rings. The maximum Gasteiger partial charge on any atom is 0.261 e. The monoisotopic (exact) mass is 483 g/mol. The molecule has 0 spiro atoms. The Kier molecular flexibility index (Phi) is 5.52. The molecule has 4 rings (SSSR count). The van der Waals surface area contributed by atoms with E-state index in [2.05, 4.69) is 26.1 Å². The van der Waals surface area contributed by atoms with Gasteiger partial charge in [0.25, 0.3) is 11.8 Å². The van der Waals surface area contributed by atoms with Gasteiger partial charge in [-0.1, -0.05) is 15.9 Å². The summed E-state index contributed by atoms with van der Waals surface area (Å²) in [5.41, 5.74) is 0.648. The van der Waals surface area contributed by atoms with Crippen LogP contribution in [-0.2, 0) is 14.6 Å². The number of halogens is 1. The van der Waals surface area contributed by atoms with Crippen LogP contribution in [0.5, 0.6) is 0 Å². The fourth-order valence-electron chi connectivity index (χ4n) is 4.36. The number of nitrogens with one attached hydrogen (secondary N) is 1. The van der Waals surface area contributed by atoms with E-state index in [1.54, 1.807) is 18.2 Å². The van der Waals surface area contributed by atoms with E-state index in [4.69, 9.17) is 0 Å². The molecule has 10 heteroatoms. The lowest BCUT2D eigenvalue weighted by molar-refractivity contribution is -0.122. The van der Waals surface area contributed by atoms with Crippen molar-refractivity contribution in [3.05, 3.63) is 33.8 Å². The van der Waals surface area contributed by atoms with Crippen LogP contribution < -0.4 is 5.32 Å². The topological polar surface area (TPSA) is 104 Å². The Morgan fingerprint density at radius 2 is 1.79 bits per heavy atom. The van der Waals surface area contributed by atoms with Crippen LogP contribution in [0.3, 0.4) is 0 Å². The van der Waals surface area contributed by atoms with E-state index in [0.717, 1.165) is 30.8 Å². The van der Waals surface area contributed by atoms with Gasteiger partial charge in [-0.3, -0.25) is 24.2 Å². The van der Waals surface area contributed by atoms with Gasteiger partial charge in [0, 0.05) is 23.5 Å². The molecule has 3 heterocycles. The van der Waals surface area contributed by atoms with Gasteiger partial charge in [0.05, 0.1) is 28.7 Å². The molecule has 2 atom stereocenters. The summed E-state index contributed by atoms with van der Waals surface area (Å²) < 4.78 is 24.9. The molecule has 3 aliphatic rings. The van der Waals surface area contributed by atoms with E-state index in [1.807, 2.05) is 0 Å². The van der Waals surface area contributed by atoms with Crippen LogP contribution in [0.2, 0.25) is 0 Å². The van der Waals surface area contributed by atoms with Crippen molar-refractivity contribution >= 4 is 43.5 Å². The molecular weight excluding hydrogens is 462 g/mol. The van der Waals surface area contributed by atoms with Gasteiger partial charge in [-0.15, -0.1) is 0 Å². The third-order valence-corrected chi connectivity index (χ3v) is 7.98. The van der Waals surface area contributed by atoms with Crippen LogP contribution in [0.4, 0.5) is 0 Å². The smallest absolute Gasteiger partial charge is 0.261 e. The molecule has 29 heavy (non-hydrogen) atoms. The minimum absolute atomic E-state index is 0.0380. The second-order valence-electron chi connectivity index (χ2n) is 7.76. The summed E-state index contributed by atoms with van der Waals surface area (Å²) >= 11 is 3.29. The molecule has 0 saturated carbocycles. The average Bonchev–Trinajstić information content (AvgIpc) is 3.33. The number of sulfone groups is 1. The molecule has 8 nitrogen and oxygen atoms in total. The van der Waals surface area contributed by atoms with Crippen molar-refractivity contribution < 1.29 is 22.8 Å². The molecule has 0 aromatic heterocycles. The predicted molar refractivity (Wildman–Crippen MR) is 109 cm³/mol. The van der Waals surface area contributed by atoms with E-state index in [1.165, 1.54) is 0 Å². The number of rotatable bonds is 5. The Labute approximate surface area is 177 Å². The fourth-order valence-corrected chi connectivity index (χ4v) is 6.67. The standard InChI is InChI=1S/C19H22BrN3O5S/c20-12-3-4-13-14(9-12)19(26)23(18(13)25)8-5-17(24)21-15-10-29(27,28)11-16(15)22-6-1-2-7-22/h3-4,9,15-16H,1-2,5-8,10-11H2,(H,21,24). The highest BCUT2D eigenvalue weighted by Crippen LogP contribution is 2.26.